The van der Waals surface area contributed by atoms with Gasteiger partial charge in [-0.3, -0.25) is 0 Å². The first-order chi connectivity index (χ1) is 9.73. The van der Waals surface area contributed by atoms with E-state index in [1.807, 2.05) is 19.1 Å². The molecule has 0 saturated carbocycles. The van der Waals surface area contributed by atoms with Crippen LogP contribution < -0.4 is 4.72 Å². The number of nitrogens with one attached hydrogen (secondary N) is 1. The Labute approximate surface area is 126 Å². The zero-order valence-electron chi connectivity index (χ0n) is 12.8. The van der Waals surface area contributed by atoms with Gasteiger partial charge in [0.2, 0.25) is 10.0 Å². The highest BCUT2D eigenvalue weighted by molar-refractivity contribution is 7.89. The van der Waals surface area contributed by atoms with Crippen molar-refractivity contribution in [2.75, 3.05) is 19.8 Å². The van der Waals surface area contributed by atoms with Gasteiger partial charge in [0.05, 0.1) is 10.5 Å². The van der Waals surface area contributed by atoms with E-state index in [-0.39, 0.29) is 6.54 Å². The van der Waals surface area contributed by atoms with Crippen molar-refractivity contribution in [1.82, 2.24) is 4.72 Å². The van der Waals surface area contributed by atoms with Crippen molar-refractivity contribution < 1.29 is 18.3 Å². The average Bonchev–Trinajstić information content (AvgIpc) is 2.36. The fourth-order valence-corrected chi connectivity index (χ4v) is 4.39. The Morgan fingerprint density at radius 3 is 2.24 bits per heavy atom. The first-order valence-corrected chi connectivity index (χ1v) is 8.59. The standard InChI is InChI=1S/C15H23NO4S/c1-11-8-12(2)14(13(3)9-11)21(18,19)16-10-15(17)4-6-20-7-5-15/h8-9,16-17H,4-7,10H2,1-3H3. The second kappa shape index (κ2) is 6.04. The maximum absolute atomic E-state index is 12.5. The van der Waals surface area contributed by atoms with Crippen molar-refractivity contribution in [2.24, 2.45) is 0 Å². The molecule has 118 valence electrons. The highest BCUT2D eigenvalue weighted by Crippen LogP contribution is 2.24. The van der Waals surface area contributed by atoms with Crippen molar-refractivity contribution in [2.45, 2.75) is 44.1 Å². The summed E-state index contributed by atoms with van der Waals surface area (Å²) in [7, 11) is -3.63. The van der Waals surface area contributed by atoms with E-state index in [0.717, 1.165) is 16.7 Å². The molecule has 0 radical (unpaired) electrons. The highest BCUT2D eigenvalue weighted by atomic mass is 32.2. The van der Waals surface area contributed by atoms with Gasteiger partial charge < -0.3 is 9.84 Å². The molecule has 5 nitrogen and oxygen atoms in total. The number of hydrogen-bond acceptors (Lipinski definition) is 4. The van der Waals surface area contributed by atoms with Gasteiger partial charge in [-0.15, -0.1) is 0 Å². The molecule has 1 saturated heterocycles. The van der Waals surface area contributed by atoms with Crippen LogP contribution in [0, 0.1) is 20.8 Å². The fourth-order valence-electron chi connectivity index (χ4n) is 2.82. The molecule has 0 aliphatic carbocycles. The van der Waals surface area contributed by atoms with Crippen molar-refractivity contribution in [1.29, 1.82) is 0 Å². The topological polar surface area (TPSA) is 75.6 Å². The summed E-state index contributed by atoms with van der Waals surface area (Å²) in [6.45, 7) is 6.46. The Kier molecular flexibility index (Phi) is 4.72. The minimum atomic E-state index is -3.63. The van der Waals surface area contributed by atoms with E-state index >= 15 is 0 Å². The van der Waals surface area contributed by atoms with Gasteiger partial charge in [-0.2, -0.15) is 0 Å². The number of aliphatic hydroxyl groups is 1. The Morgan fingerprint density at radius 1 is 1.19 bits per heavy atom. The summed E-state index contributed by atoms with van der Waals surface area (Å²) in [4.78, 5) is 0.309. The lowest BCUT2D eigenvalue weighted by Crippen LogP contribution is -2.46. The van der Waals surface area contributed by atoms with Gasteiger partial charge in [-0.25, -0.2) is 13.1 Å². The van der Waals surface area contributed by atoms with Crippen LogP contribution in [0.2, 0.25) is 0 Å². The summed E-state index contributed by atoms with van der Waals surface area (Å²) < 4.78 is 32.8. The van der Waals surface area contributed by atoms with Crippen molar-refractivity contribution in [3.8, 4) is 0 Å². The van der Waals surface area contributed by atoms with Gasteiger partial charge in [0.25, 0.3) is 0 Å². The summed E-state index contributed by atoms with van der Waals surface area (Å²) in [5, 5.41) is 10.4. The SMILES string of the molecule is Cc1cc(C)c(S(=O)(=O)NCC2(O)CCOCC2)c(C)c1. The molecule has 1 aliphatic rings. The summed E-state index contributed by atoms with van der Waals surface area (Å²) in [5.41, 5.74) is 1.46. The smallest absolute Gasteiger partial charge is 0.241 e. The number of rotatable bonds is 4. The summed E-state index contributed by atoms with van der Waals surface area (Å²) >= 11 is 0. The molecule has 2 rings (SSSR count). The second-order valence-corrected chi connectivity index (χ2v) is 7.59. The maximum atomic E-state index is 12.5. The van der Waals surface area contributed by atoms with E-state index in [4.69, 9.17) is 4.74 Å². The van der Waals surface area contributed by atoms with Gasteiger partial charge in [-0.1, -0.05) is 17.7 Å². The van der Waals surface area contributed by atoms with E-state index in [9.17, 15) is 13.5 Å². The Balaban J connectivity index is 2.19. The van der Waals surface area contributed by atoms with Gasteiger partial charge in [0.1, 0.15) is 0 Å². The van der Waals surface area contributed by atoms with Gasteiger partial charge in [0, 0.05) is 32.6 Å². The third-order valence-corrected chi connectivity index (χ3v) is 5.59. The number of benzene rings is 1. The van der Waals surface area contributed by atoms with Crippen LogP contribution in [0.1, 0.15) is 29.5 Å². The average molecular weight is 313 g/mol. The maximum Gasteiger partial charge on any atom is 0.241 e. The lowest BCUT2D eigenvalue weighted by molar-refractivity contribution is -0.0588. The zero-order valence-corrected chi connectivity index (χ0v) is 13.6. The van der Waals surface area contributed by atoms with Gasteiger partial charge >= 0.3 is 0 Å². The van der Waals surface area contributed by atoms with Crippen LogP contribution in [-0.2, 0) is 14.8 Å². The third kappa shape index (κ3) is 3.83. The minimum Gasteiger partial charge on any atom is -0.388 e. The van der Waals surface area contributed by atoms with Crippen LogP contribution in [0.25, 0.3) is 0 Å². The second-order valence-electron chi connectivity index (χ2n) is 5.89. The number of sulfonamides is 1. The molecular formula is C15H23NO4S. The molecular weight excluding hydrogens is 290 g/mol. The van der Waals surface area contributed by atoms with E-state index in [1.165, 1.54) is 0 Å². The molecule has 2 N–H and O–H groups in total. The lowest BCUT2D eigenvalue weighted by Gasteiger charge is -2.32. The minimum absolute atomic E-state index is 0.0193. The molecule has 1 heterocycles. The van der Waals surface area contributed by atoms with E-state index in [2.05, 4.69) is 4.72 Å². The predicted octanol–water partition coefficient (Wildman–Crippen LogP) is 1.43. The third-order valence-electron chi connectivity index (χ3n) is 3.89. The molecule has 1 aromatic carbocycles. The van der Waals surface area contributed by atoms with E-state index in [0.29, 0.717) is 31.0 Å². The summed E-state index contributed by atoms with van der Waals surface area (Å²) in [6, 6.07) is 3.70. The molecule has 0 unspecified atom stereocenters. The van der Waals surface area contributed by atoms with Crippen molar-refractivity contribution in [3.05, 3.63) is 28.8 Å². The van der Waals surface area contributed by atoms with E-state index < -0.39 is 15.6 Å². The van der Waals surface area contributed by atoms with Crippen molar-refractivity contribution in [3.63, 3.8) is 0 Å². The molecule has 1 fully saturated rings. The molecule has 1 aromatic rings. The lowest BCUT2D eigenvalue weighted by atomic mass is 9.95. The molecule has 1 aliphatic heterocycles. The Morgan fingerprint density at radius 2 is 1.71 bits per heavy atom. The fraction of sp³-hybridized carbons (Fsp3) is 0.600. The Bertz CT molecular complexity index is 596. The summed E-state index contributed by atoms with van der Waals surface area (Å²) in [5.74, 6) is 0. The monoisotopic (exact) mass is 313 g/mol. The molecule has 0 bridgehead atoms. The first kappa shape index (κ1) is 16.4. The van der Waals surface area contributed by atoms with Crippen molar-refractivity contribution >= 4 is 10.0 Å². The molecule has 21 heavy (non-hydrogen) atoms. The normalized spacial score (nSPS) is 18.7. The zero-order chi connectivity index (χ0) is 15.7. The molecule has 0 spiro atoms. The number of aryl methyl sites for hydroxylation is 3. The van der Waals surface area contributed by atoms with Crippen LogP contribution in [0.5, 0.6) is 0 Å². The van der Waals surface area contributed by atoms with Crippen LogP contribution in [0.4, 0.5) is 0 Å². The number of hydrogen-bond donors (Lipinski definition) is 2. The molecule has 0 atom stereocenters. The van der Waals surface area contributed by atoms with Crippen LogP contribution in [0.15, 0.2) is 17.0 Å². The highest BCUT2D eigenvalue weighted by Gasteiger charge is 2.32. The van der Waals surface area contributed by atoms with Crippen LogP contribution in [0.3, 0.4) is 0 Å². The van der Waals surface area contributed by atoms with Gasteiger partial charge in [-0.05, 0) is 31.9 Å². The first-order valence-electron chi connectivity index (χ1n) is 7.11. The predicted molar refractivity (Wildman–Crippen MR) is 80.8 cm³/mol. The molecule has 0 amide bonds. The molecule has 0 aromatic heterocycles. The Hall–Kier alpha value is -0.950. The van der Waals surface area contributed by atoms with Gasteiger partial charge in [0.15, 0.2) is 0 Å². The van der Waals surface area contributed by atoms with Crippen LogP contribution >= 0.6 is 0 Å². The van der Waals surface area contributed by atoms with E-state index in [1.54, 1.807) is 13.8 Å². The van der Waals surface area contributed by atoms with Crippen LogP contribution in [-0.4, -0.2) is 38.9 Å². The largest absolute Gasteiger partial charge is 0.388 e. The number of ether oxygens (including phenoxy) is 1. The quantitative estimate of drug-likeness (QED) is 0.882. The molecule has 6 heteroatoms. The summed E-state index contributed by atoms with van der Waals surface area (Å²) in [6.07, 6.45) is 0.892.